The zero-order valence-corrected chi connectivity index (χ0v) is 20.3. The van der Waals surface area contributed by atoms with E-state index >= 15 is 0 Å². The monoisotopic (exact) mass is 474 g/mol. The molecular formula is C28H34N4O3. The number of allylic oxidation sites excluding steroid dienone is 2. The summed E-state index contributed by atoms with van der Waals surface area (Å²) < 4.78 is 11.4. The van der Waals surface area contributed by atoms with Crippen molar-refractivity contribution in [2.24, 2.45) is 0 Å². The van der Waals surface area contributed by atoms with Crippen molar-refractivity contribution in [2.45, 2.75) is 43.9 Å². The van der Waals surface area contributed by atoms with Gasteiger partial charge < -0.3 is 19.8 Å². The van der Waals surface area contributed by atoms with E-state index in [1.807, 2.05) is 0 Å². The predicted molar refractivity (Wildman–Crippen MR) is 136 cm³/mol. The molecule has 2 N–H and O–H groups in total. The molecule has 0 unspecified atom stereocenters. The Kier molecular flexibility index (Phi) is 7.33. The van der Waals surface area contributed by atoms with E-state index in [-0.39, 0.29) is 17.1 Å². The predicted octanol–water partition coefficient (Wildman–Crippen LogP) is 3.98. The van der Waals surface area contributed by atoms with Crippen LogP contribution in [0.1, 0.15) is 66.0 Å². The number of amides is 1. The van der Waals surface area contributed by atoms with Gasteiger partial charge in [0.25, 0.3) is 5.91 Å². The molecule has 2 fully saturated rings. The molecule has 1 aromatic heterocycles. The fraction of sp³-hybridized carbons (Fsp3) is 0.500. The number of imidazole rings is 1. The van der Waals surface area contributed by atoms with Gasteiger partial charge in [-0.15, -0.1) is 6.42 Å². The first kappa shape index (κ1) is 23.8. The Bertz CT molecular complexity index is 1120. The highest BCUT2D eigenvalue weighted by Crippen LogP contribution is 2.40. The number of benzene rings is 1. The number of rotatable bonds is 6. The van der Waals surface area contributed by atoms with Gasteiger partial charge in [-0.25, -0.2) is 4.98 Å². The van der Waals surface area contributed by atoms with Gasteiger partial charge in [0.15, 0.2) is 5.82 Å². The van der Waals surface area contributed by atoms with Gasteiger partial charge in [0.05, 0.1) is 19.4 Å². The summed E-state index contributed by atoms with van der Waals surface area (Å²) in [5.74, 6) is 2.42. The van der Waals surface area contributed by atoms with Crippen LogP contribution in [-0.2, 0) is 14.9 Å². The van der Waals surface area contributed by atoms with Crippen LogP contribution in [0.5, 0.6) is 0 Å². The van der Waals surface area contributed by atoms with Gasteiger partial charge in [-0.3, -0.25) is 9.69 Å². The molecule has 3 aliphatic rings. The molecule has 184 valence electrons. The number of aromatic nitrogens is 2. The molecular weight excluding hydrogens is 440 g/mol. The lowest BCUT2D eigenvalue weighted by Gasteiger charge is -2.43. The summed E-state index contributed by atoms with van der Waals surface area (Å²) in [5.41, 5.74) is 5.10. The molecule has 3 heterocycles. The van der Waals surface area contributed by atoms with Crippen molar-refractivity contribution in [1.82, 2.24) is 14.9 Å². The molecule has 0 atom stereocenters. The van der Waals surface area contributed by atoms with Crippen LogP contribution in [0.15, 0.2) is 30.5 Å². The van der Waals surface area contributed by atoms with Crippen molar-refractivity contribution in [1.29, 1.82) is 0 Å². The summed E-state index contributed by atoms with van der Waals surface area (Å²) in [4.78, 5) is 22.5. The van der Waals surface area contributed by atoms with Crippen molar-refractivity contribution >= 4 is 17.2 Å². The molecule has 35 heavy (non-hydrogen) atoms. The third-order valence-corrected chi connectivity index (χ3v) is 7.54. The normalized spacial score (nSPS) is 20.6. The first-order valence-electron chi connectivity index (χ1n) is 12.7. The lowest BCUT2D eigenvalue weighted by molar-refractivity contribution is -0.00119. The van der Waals surface area contributed by atoms with Crippen molar-refractivity contribution in [3.8, 4) is 12.3 Å². The van der Waals surface area contributed by atoms with E-state index < -0.39 is 0 Å². The largest absolute Gasteiger partial charge is 0.381 e. The lowest BCUT2D eigenvalue weighted by Crippen LogP contribution is -2.48. The summed E-state index contributed by atoms with van der Waals surface area (Å²) in [6.45, 7) is 6.09. The highest BCUT2D eigenvalue weighted by molar-refractivity contribution is 6.03. The van der Waals surface area contributed by atoms with Crippen LogP contribution in [0.25, 0.3) is 5.57 Å². The molecule has 0 radical (unpaired) electrons. The van der Waals surface area contributed by atoms with E-state index in [1.165, 1.54) is 30.2 Å². The van der Waals surface area contributed by atoms with Gasteiger partial charge in [0.1, 0.15) is 5.69 Å². The van der Waals surface area contributed by atoms with Crippen molar-refractivity contribution < 1.29 is 14.3 Å². The standard InChI is InChI=1S/C28H34N4O3/c1-2-23-19-29-26(30-23)27(33)31-25-9-8-22(18-24(25)21-6-4-3-5-7-21)28(10-14-34-15-11-28)20-32-12-16-35-17-13-32/h1,6,8-9,18-19H,3-5,7,10-17,20H2,(H,29,30)(H,31,33). The first-order chi connectivity index (χ1) is 17.2. The molecule has 5 rings (SSSR count). The molecule has 0 bridgehead atoms. The van der Waals surface area contributed by atoms with Crippen LogP contribution in [0.3, 0.4) is 0 Å². The second kappa shape index (κ2) is 10.8. The fourth-order valence-electron chi connectivity index (χ4n) is 5.51. The van der Waals surface area contributed by atoms with E-state index in [4.69, 9.17) is 15.9 Å². The molecule has 7 nitrogen and oxygen atoms in total. The van der Waals surface area contributed by atoms with Gasteiger partial charge in [-0.2, -0.15) is 0 Å². The number of morpholine rings is 1. The molecule has 0 saturated carbocycles. The molecule has 0 spiro atoms. The average Bonchev–Trinajstić information content (AvgIpc) is 3.40. The van der Waals surface area contributed by atoms with Crippen LogP contribution in [0.2, 0.25) is 0 Å². The maximum absolute atomic E-state index is 13.0. The topological polar surface area (TPSA) is 79.5 Å². The Hall–Kier alpha value is -2.92. The quantitative estimate of drug-likeness (QED) is 0.619. The zero-order chi connectivity index (χ0) is 24.1. The maximum Gasteiger partial charge on any atom is 0.291 e. The van der Waals surface area contributed by atoms with Crippen molar-refractivity contribution in [2.75, 3.05) is 51.4 Å². The third kappa shape index (κ3) is 5.35. The van der Waals surface area contributed by atoms with Crippen LogP contribution < -0.4 is 5.32 Å². The SMILES string of the molecule is C#Cc1cnc(C(=O)Nc2ccc(C3(CN4CCOCC4)CCOCC3)cc2C2=CCCCC2)[nH]1. The average molecular weight is 475 g/mol. The molecule has 1 aromatic carbocycles. The number of hydrogen-bond acceptors (Lipinski definition) is 5. The Labute approximate surface area is 207 Å². The number of hydrogen-bond donors (Lipinski definition) is 2. The molecule has 2 aromatic rings. The van der Waals surface area contributed by atoms with Crippen LogP contribution in [0, 0.1) is 12.3 Å². The number of carbonyl (C=O) groups excluding carboxylic acids is 1. The number of carbonyl (C=O) groups is 1. The second-order valence-corrected chi connectivity index (χ2v) is 9.76. The molecule has 2 saturated heterocycles. The minimum atomic E-state index is -0.286. The van der Waals surface area contributed by atoms with E-state index in [2.05, 4.69) is 50.4 Å². The lowest BCUT2D eigenvalue weighted by atomic mass is 9.72. The number of H-pyrrole nitrogens is 1. The first-order valence-corrected chi connectivity index (χ1v) is 12.7. The molecule has 1 amide bonds. The van der Waals surface area contributed by atoms with Gasteiger partial charge in [-0.05, 0) is 61.8 Å². The third-order valence-electron chi connectivity index (χ3n) is 7.54. The zero-order valence-electron chi connectivity index (χ0n) is 20.3. The van der Waals surface area contributed by atoms with Gasteiger partial charge in [0.2, 0.25) is 0 Å². The summed E-state index contributed by atoms with van der Waals surface area (Å²) in [5, 5.41) is 3.09. The van der Waals surface area contributed by atoms with Crippen LogP contribution in [0.4, 0.5) is 5.69 Å². The van der Waals surface area contributed by atoms with E-state index in [9.17, 15) is 4.79 Å². The van der Waals surface area contributed by atoms with Gasteiger partial charge in [0, 0.05) is 49.5 Å². The number of nitrogens with zero attached hydrogens (tertiary/aromatic N) is 2. The maximum atomic E-state index is 13.0. The number of aromatic amines is 1. The summed E-state index contributed by atoms with van der Waals surface area (Å²) in [6.07, 6.45) is 15.7. The molecule has 1 aliphatic carbocycles. The minimum Gasteiger partial charge on any atom is -0.381 e. The second-order valence-electron chi connectivity index (χ2n) is 9.76. The van der Waals surface area contributed by atoms with E-state index in [0.717, 1.165) is 83.0 Å². The number of ether oxygens (including phenoxy) is 2. The van der Waals surface area contributed by atoms with E-state index in [0.29, 0.717) is 5.69 Å². The Morgan fingerprint density at radius 1 is 1.17 bits per heavy atom. The van der Waals surface area contributed by atoms with Gasteiger partial charge >= 0.3 is 0 Å². The number of terminal acetylenes is 1. The Morgan fingerprint density at radius 2 is 1.97 bits per heavy atom. The minimum absolute atomic E-state index is 0.0326. The summed E-state index contributed by atoms with van der Waals surface area (Å²) >= 11 is 0. The summed E-state index contributed by atoms with van der Waals surface area (Å²) in [6, 6.07) is 6.59. The fourth-order valence-corrected chi connectivity index (χ4v) is 5.51. The molecule has 2 aliphatic heterocycles. The number of anilines is 1. The van der Waals surface area contributed by atoms with Crippen LogP contribution >= 0.6 is 0 Å². The smallest absolute Gasteiger partial charge is 0.291 e. The Balaban J connectivity index is 1.48. The van der Waals surface area contributed by atoms with Gasteiger partial charge in [-0.1, -0.05) is 18.1 Å². The highest BCUT2D eigenvalue weighted by Gasteiger charge is 2.37. The Morgan fingerprint density at radius 3 is 2.69 bits per heavy atom. The van der Waals surface area contributed by atoms with Crippen molar-refractivity contribution in [3.63, 3.8) is 0 Å². The number of nitrogens with one attached hydrogen (secondary N) is 2. The van der Waals surface area contributed by atoms with Crippen LogP contribution in [-0.4, -0.2) is 66.8 Å². The summed E-state index contributed by atoms with van der Waals surface area (Å²) in [7, 11) is 0. The molecule has 7 heteroatoms. The highest BCUT2D eigenvalue weighted by atomic mass is 16.5. The van der Waals surface area contributed by atoms with Crippen molar-refractivity contribution in [3.05, 3.63) is 53.1 Å². The van der Waals surface area contributed by atoms with E-state index in [1.54, 1.807) is 0 Å².